The summed E-state index contributed by atoms with van der Waals surface area (Å²) in [4.78, 5) is 22.8. The number of amides is 2. The molecule has 0 fully saturated rings. The summed E-state index contributed by atoms with van der Waals surface area (Å²) >= 11 is 1.56. The normalized spacial score (nSPS) is 12.0. The van der Waals surface area contributed by atoms with Crippen molar-refractivity contribution in [3.63, 3.8) is 0 Å². The molecule has 5 nitrogen and oxygen atoms in total. The van der Waals surface area contributed by atoms with Crippen LogP contribution in [0.15, 0.2) is 18.5 Å². The van der Waals surface area contributed by atoms with E-state index in [0.29, 0.717) is 0 Å². The van der Waals surface area contributed by atoms with Crippen molar-refractivity contribution < 1.29 is 9.18 Å². The van der Waals surface area contributed by atoms with E-state index in [1.165, 1.54) is 17.2 Å². The summed E-state index contributed by atoms with van der Waals surface area (Å²) in [6, 6.07) is 0.910. The lowest BCUT2D eigenvalue weighted by atomic mass is 10.2. The first-order chi connectivity index (χ1) is 9.90. The molecule has 0 bridgehead atoms. The molecule has 1 atom stereocenters. The Morgan fingerprint density at radius 1 is 1.48 bits per heavy atom. The van der Waals surface area contributed by atoms with Gasteiger partial charge in [0.2, 0.25) is 0 Å². The second kappa shape index (κ2) is 6.17. The van der Waals surface area contributed by atoms with Crippen LogP contribution in [0.3, 0.4) is 0 Å². The third-order valence-electron chi connectivity index (χ3n) is 3.23. The fraction of sp³-hybridized carbons (Fsp3) is 0.357. The molecule has 0 aromatic carbocycles. The summed E-state index contributed by atoms with van der Waals surface area (Å²) in [5.41, 5.74) is 1.03. The van der Waals surface area contributed by atoms with Gasteiger partial charge >= 0.3 is 6.03 Å². The average Bonchev–Trinajstić information content (AvgIpc) is 2.78. The third-order valence-corrected chi connectivity index (χ3v) is 4.48. The number of nitrogens with zero attached hydrogens (tertiary/aromatic N) is 3. The van der Waals surface area contributed by atoms with E-state index in [1.54, 1.807) is 18.4 Å². The highest BCUT2D eigenvalue weighted by Gasteiger charge is 2.22. The molecule has 0 saturated carbocycles. The molecule has 2 heterocycles. The predicted octanol–water partition coefficient (Wildman–Crippen LogP) is 3.52. The number of pyridine rings is 1. The quantitative estimate of drug-likeness (QED) is 0.944. The first kappa shape index (κ1) is 15.4. The van der Waals surface area contributed by atoms with Crippen LogP contribution in [0, 0.1) is 19.7 Å². The van der Waals surface area contributed by atoms with Crippen molar-refractivity contribution in [3.05, 3.63) is 39.9 Å². The van der Waals surface area contributed by atoms with Crippen molar-refractivity contribution in [2.75, 3.05) is 12.4 Å². The molecule has 2 rings (SSSR count). The molecule has 0 radical (unpaired) electrons. The van der Waals surface area contributed by atoms with Gasteiger partial charge < -0.3 is 10.2 Å². The molecule has 0 aliphatic heterocycles. The maximum absolute atomic E-state index is 13.5. The molecule has 0 aliphatic carbocycles. The molecule has 0 spiro atoms. The van der Waals surface area contributed by atoms with Crippen LogP contribution in [0.25, 0.3) is 0 Å². The summed E-state index contributed by atoms with van der Waals surface area (Å²) in [6.07, 6.45) is 2.49. The van der Waals surface area contributed by atoms with Gasteiger partial charge in [0.05, 0.1) is 28.6 Å². The summed E-state index contributed by atoms with van der Waals surface area (Å²) in [7, 11) is 1.67. The second-order valence-corrected chi connectivity index (χ2v) is 5.99. The lowest BCUT2D eigenvalue weighted by Gasteiger charge is -2.24. The van der Waals surface area contributed by atoms with Gasteiger partial charge in [-0.15, -0.1) is 11.3 Å². The maximum atomic E-state index is 13.5. The van der Waals surface area contributed by atoms with Crippen LogP contribution in [0.2, 0.25) is 0 Å². The molecule has 1 N–H and O–H groups in total. The fourth-order valence-electron chi connectivity index (χ4n) is 1.97. The minimum atomic E-state index is -0.559. The molecule has 0 saturated heterocycles. The Bertz CT molecular complexity index is 658. The summed E-state index contributed by atoms with van der Waals surface area (Å²) in [5, 5.41) is 3.50. The number of hydrogen-bond donors (Lipinski definition) is 1. The number of carbonyl (C=O) groups excluding carboxylic acids is 1. The van der Waals surface area contributed by atoms with Gasteiger partial charge in [0.1, 0.15) is 0 Å². The summed E-state index contributed by atoms with van der Waals surface area (Å²) in [6.45, 7) is 5.77. The molecule has 21 heavy (non-hydrogen) atoms. The van der Waals surface area contributed by atoms with E-state index in [0.717, 1.165) is 21.8 Å². The number of anilines is 1. The Balaban J connectivity index is 2.12. The van der Waals surface area contributed by atoms with Crippen LogP contribution in [0.4, 0.5) is 14.9 Å². The standard InChI is InChI=1S/C14H17FN4OS/c1-8-13(21-10(3)17-8)9(2)19(4)14(20)18-12-5-6-16-7-11(12)15/h5-7,9H,1-4H3,(H,16,18,20). The maximum Gasteiger partial charge on any atom is 0.322 e. The summed E-state index contributed by atoms with van der Waals surface area (Å²) in [5.74, 6) is -0.559. The smallest absolute Gasteiger partial charge is 0.320 e. The number of thiazole rings is 1. The Hall–Kier alpha value is -2.02. The first-order valence-electron chi connectivity index (χ1n) is 6.47. The number of aromatic nitrogens is 2. The van der Waals surface area contributed by atoms with E-state index >= 15 is 0 Å². The number of halogens is 1. The minimum Gasteiger partial charge on any atom is -0.320 e. The highest BCUT2D eigenvalue weighted by atomic mass is 32.1. The van der Waals surface area contributed by atoms with Crippen molar-refractivity contribution in [1.29, 1.82) is 0 Å². The van der Waals surface area contributed by atoms with Crippen LogP contribution >= 0.6 is 11.3 Å². The van der Waals surface area contributed by atoms with Gasteiger partial charge in [-0.2, -0.15) is 0 Å². The number of urea groups is 1. The first-order valence-corrected chi connectivity index (χ1v) is 7.29. The van der Waals surface area contributed by atoms with Crippen LogP contribution in [0.5, 0.6) is 0 Å². The van der Waals surface area contributed by atoms with Gasteiger partial charge in [-0.25, -0.2) is 14.2 Å². The number of nitrogens with one attached hydrogen (secondary N) is 1. The molecule has 112 valence electrons. The highest BCUT2D eigenvalue weighted by Crippen LogP contribution is 2.28. The van der Waals surface area contributed by atoms with E-state index in [-0.39, 0.29) is 17.8 Å². The van der Waals surface area contributed by atoms with Crippen molar-refractivity contribution in [3.8, 4) is 0 Å². The highest BCUT2D eigenvalue weighted by molar-refractivity contribution is 7.11. The molecule has 0 aliphatic rings. The number of carbonyl (C=O) groups is 1. The zero-order valence-electron chi connectivity index (χ0n) is 12.3. The van der Waals surface area contributed by atoms with Crippen LogP contribution in [-0.4, -0.2) is 27.9 Å². The van der Waals surface area contributed by atoms with E-state index in [4.69, 9.17) is 0 Å². The zero-order chi connectivity index (χ0) is 15.6. The molecule has 2 aromatic rings. The molecule has 2 amide bonds. The Morgan fingerprint density at radius 3 is 2.76 bits per heavy atom. The van der Waals surface area contributed by atoms with Crippen LogP contribution in [0.1, 0.15) is 28.5 Å². The van der Waals surface area contributed by atoms with E-state index in [2.05, 4.69) is 15.3 Å². The second-order valence-electron chi connectivity index (χ2n) is 4.76. The SMILES string of the molecule is Cc1nc(C)c(C(C)N(C)C(=O)Nc2ccncc2F)s1. The van der Waals surface area contributed by atoms with Gasteiger partial charge in [0.15, 0.2) is 5.82 Å². The molecule has 1 unspecified atom stereocenters. The van der Waals surface area contributed by atoms with Gasteiger partial charge in [-0.3, -0.25) is 4.98 Å². The minimum absolute atomic E-state index is 0.117. The third kappa shape index (κ3) is 3.36. The average molecular weight is 308 g/mol. The van der Waals surface area contributed by atoms with E-state index in [9.17, 15) is 9.18 Å². The molecule has 2 aromatic heterocycles. The zero-order valence-corrected chi connectivity index (χ0v) is 13.2. The fourth-order valence-corrected chi connectivity index (χ4v) is 2.99. The number of hydrogen-bond acceptors (Lipinski definition) is 4. The molecular formula is C14H17FN4OS. The van der Waals surface area contributed by atoms with Crippen LogP contribution < -0.4 is 5.32 Å². The van der Waals surface area contributed by atoms with Gasteiger partial charge in [-0.1, -0.05) is 0 Å². The Labute approximate surface area is 126 Å². The molecule has 7 heteroatoms. The number of rotatable bonds is 3. The van der Waals surface area contributed by atoms with Gasteiger partial charge in [0, 0.05) is 18.1 Å². The lowest BCUT2D eigenvalue weighted by Crippen LogP contribution is -2.33. The summed E-state index contributed by atoms with van der Waals surface area (Å²) < 4.78 is 13.5. The topological polar surface area (TPSA) is 58.1 Å². The van der Waals surface area contributed by atoms with Crippen molar-refractivity contribution >= 4 is 23.1 Å². The predicted molar refractivity (Wildman–Crippen MR) is 81.0 cm³/mol. The lowest BCUT2D eigenvalue weighted by molar-refractivity contribution is 0.209. The largest absolute Gasteiger partial charge is 0.322 e. The van der Waals surface area contributed by atoms with Crippen LogP contribution in [-0.2, 0) is 0 Å². The molecular weight excluding hydrogens is 291 g/mol. The van der Waals surface area contributed by atoms with Crippen molar-refractivity contribution in [2.24, 2.45) is 0 Å². The van der Waals surface area contributed by atoms with Gasteiger partial charge in [0.25, 0.3) is 0 Å². The monoisotopic (exact) mass is 308 g/mol. The van der Waals surface area contributed by atoms with Gasteiger partial charge in [-0.05, 0) is 26.8 Å². The Morgan fingerprint density at radius 2 is 2.19 bits per heavy atom. The van der Waals surface area contributed by atoms with Crippen molar-refractivity contribution in [2.45, 2.75) is 26.8 Å². The van der Waals surface area contributed by atoms with Crippen molar-refractivity contribution in [1.82, 2.24) is 14.9 Å². The van der Waals surface area contributed by atoms with E-state index in [1.807, 2.05) is 20.8 Å². The number of aryl methyl sites for hydroxylation is 2. The Kier molecular flexibility index (Phi) is 4.52. The van der Waals surface area contributed by atoms with E-state index < -0.39 is 5.82 Å².